The summed E-state index contributed by atoms with van der Waals surface area (Å²) in [5.41, 5.74) is 0.935. The minimum absolute atomic E-state index is 0.00309. The molecule has 2 amide bonds. The molecule has 2 aromatic rings. The molecule has 0 saturated carbocycles. The van der Waals surface area contributed by atoms with Gasteiger partial charge in [0.1, 0.15) is 0 Å². The van der Waals surface area contributed by atoms with E-state index in [0.29, 0.717) is 16.9 Å². The Balaban J connectivity index is 1.75. The second kappa shape index (κ2) is 8.24. The zero-order chi connectivity index (χ0) is 21.2. The average molecular weight is 405 g/mol. The number of hydrogen-bond donors (Lipinski definition) is 1. The van der Waals surface area contributed by atoms with Gasteiger partial charge in [-0.1, -0.05) is 30.3 Å². The van der Waals surface area contributed by atoms with Crippen molar-refractivity contribution < 1.29 is 22.8 Å². The fourth-order valence-corrected chi connectivity index (χ4v) is 3.49. The number of hydrogen-bond acceptors (Lipinski definition) is 3. The number of amides is 2. The lowest BCUT2D eigenvalue weighted by atomic mass is 10.1. The molecule has 154 valence electrons. The molecule has 5 nitrogen and oxygen atoms in total. The van der Waals surface area contributed by atoms with Crippen LogP contribution >= 0.6 is 0 Å². The van der Waals surface area contributed by atoms with Gasteiger partial charge in [-0.2, -0.15) is 13.2 Å². The van der Waals surface area contributed by atoms with Gasteiger partial charge in [0.15, 0.2) is 0 Å². The maximum absolute atomic E-state index is 13.0. The number of benzene rings is 2. The number of likely N-dealkylation sites (N-methyl/N-ethyl adjacent to an activating group) is 1. The zero-order valence-corrected chi connectivity index (χ0v) is 16.2. The molecule has 0 bridgehead atoms. The van der Waals surface area contributed by atoms with Crippen LogP contribution < -0.4 is 10.2 Å². The van der Waals surface area contributed by atoms with Gasteiger partial charge in [0.25, 0.3) is 0 Å². The van der Waals surface area contributed by atoms with Crippen molar-refractivity contribution in [1.82, 2.24) is 4.90 Å². The number of para-hydroxylation sites is 2. The lowest BCUT2D eigenvalue weighted by molar-refractivity contribution is -0.137. The van der Waals surface area contributed by atoms with E-state index in [1.807, 2.05) is 0 Å². The molecule has 1 unspecified atom stereocenters. The van der Waals surface area contributed by atoms with E-state index in [-0.39, 0.29) is 37.4 Å². The normalized spacial score (nSPS) is 17.0. The first kappa shape index (κ1) is 20.9. The quantitative estimate of drug-likeness (QED) is 0.840. The maximum atomic E-state index is 13.0. The molecule has 8 heteroatoms. The highest BCUT2D eigenvalue weighted by molar-refractivity contribution is 6.04. The highest BCUT2D eigenvalue weighted by atomic mass is 19.4. The van der Waals surface area contributed by atoms with Gasteiger partial charge >= 0.3 is 6.18 Å². The minimum atomic E-state index is -4.41. The summed E-state index contributed by atoms with van der Waals surface area (Å²) in [5.74, 6) is -0.395. The van der Waals surface area contributed by atoms with Crippen molar-refractivity contribution in [3.8, 4) is 0 Å². The van der Waals surface area contributed by atoms with Crippen LogP contribution in [0.15, 0.2) is 48.5 Å². The van der Waals surface area contributed by atoms with E-state index in [2.05, 4.69) is 5.32 Å². The Kier molecular flexibility index (Phi) is 5.93. The summed E-state index contributed by atoms with van der Waals surface area (Å²) < 4.78 is 38.7. The molecule has 1 aliphatic rings. The number of nitrogens with one attached hydrogen (secondary N) is 1. The van der Waals surface area contributed by atoms with Crippen molar-refractivity contribution >= 4 is 23.2 Å². The monoisotopic (exact) mass is 405 g/mol. The molecule has 29 heavy (non-hydrogen) atoms. The minimum Gasteiger partial charge on any atom is -0.324 e. The van der Waals surface area contributed by atoms with Crippen LogP contribution in [0.25, 0.3) is 0 Å². The highest BCUT2D eigenvalue weighted by Gasteiger charge is 2.31. The second-order valence-corrected chi connectivity index (χ2v) is 7.25. The van der Waals surface area contributed by atoms with Gasteiger partial charge in [0, 0.05) is 19.0 Å². The Morgan fingerprint density at radius 1 is 1.21 bits per heavy atom. The lowest BCUT2D eigenvalue weighted by Crippen LogP contribution is -2.44. The summed E-state index contributed by atoms with van der Waals surface area (Å²) in [5, 5.41) is 2.80. The third-order valence-corrected chi connectivity index (χ3v) is 4.74. The number of carbonyl (C=O) groups is 2. The molecule has 0 radical (unpaired) electrons. The van der Waals surface area contributed by atoms with Crippen molar-refractivity contribution in [2.75, 3.05) is 23.8 Å². The van der Waals surface area contributed by atoms with Gasteiger partial charge in [-0.3, -0.25) is 14.5 Å². The SMILES string of the molecule is CC1CC(=O)Nc2ccccc2N1C(=O)CN(C)Cc1cccc(C(F)(F)F)c1. The van der Waals surface area contributed by atoms with Crippen molar-refractivity contribution in [3.63, 3.8) is 0 Å². The van der Waals surface area contributed by atoms with Gasteiger partial charge in [-0.15, -0.1) is 0 Å². The van der Waals surface area contributed by atoms with Gasteiger partial charge < -0.3 is 10.2 Å². The molecule has 0 aromatic heterocycles. The molecular weight excluding hydrogens is 383 g/mol. The molecular formula is C21H22F3N3O2. The molecule has 0 aliphatic carbocycles. The fraction of sp³-hybridized carbons (Fsp3) is 0.333. The number of rotatable bonds is 4. The van der Waals surface area contributed by atoms with E-state index >= 15 is 0 Å². The Morgan fingerprint density at radius 3 is 2.66 bits per heavy atom. The average Bonchev–Trinajstić information content (AvgIpc) is 2.75. The first-order valence-corrected chi connectivity index (χ1v) is 9.21. The number of alkyl halides is 3. The molecule has 0 spiro atoms. The van der Waals surface area contributed by atoms with Gasteiger partial charge in [-0.05, 0) is 37.7 Å². The van der Waals surface area contributed by atoms with Crippen LogP contribution in [0.3, 0.4) is 0 Å². The van der Waals surface area contributed by atoms with Gasteiger partial charge in [-0.25, -0.2) is 0 Å². The third-order valence-electron chi connectivity index (χ3n) is 4.74. The highest BCUT2D eigenvalue weighted by Crippen LogP contribution is 2.32. The lowest BCUT2D eigenvalue weighted by Gasteiger charge is -2.29. The fourth-order valence-electron chi connectivity index (χ4n) is 3.49. The van der Waals surface area contributed by atoms with Crippen molar-refractivity contribution in [3.05, 3.63) is 59.7 Å². The van der Waals surface area contributed by atoms with E-state index in [0.717, 1.165) is 12.1 Å². The molecule has 3 rings (SSSR count). The first-order chi connectivity index (χ1) is 13.6. The molecule has 1 atom stereocenters. The number of halogens is 3. The Bertz CT molecular complexity index is 914. The van der Waals surface area contributed by atoms with Gasteiger partial charge in [0.2, 0.25) is 11.8 Å². The Hall–Kier alpha value is -2.87. The van der Waals surface area contributed by atoms with Crippen molar-refractivity contribution in [2.45, 2.75) is 32.1 Å². The Labute approximate surface area is 167 Å². The number of anilines is 2. The first-order valence-electron chi connectivity index (χ1n) is 9.21. The molecule has 1 heterocycles. The standard InChI is InChI=1S/C21H22F3N3O2/c1-14-10-19(28)25-17-8-3-4-9-18(17)27(14)20(29)13-26(2)12-15-6-5-7-16(11-15)21(22,23)24/h3-9,11,14H,10,12-13H2,1-2H3,(H,25,28). The van der Waals surface area contributed by atoms with Crippen LogP contribution in [0, 0.1) is 0 Å². The number of nitrogens with zero attached hydrogens (tertiary/aromatic N) is 2. The van der Waals surface area contributed by atoms with E-state index in [1.165, 1.54) is 6.07 Å². The molecule has 1 N–H and O–H groups in total. The topological polar surface area (TPSA) is 52.7 Å². The van der Waals surface area contributed by atoms with Crippen LogP contribution in [0.2, 0.25) is 0 Å². The third kappa shape index (κ3) is 4.95. The second-order valence-electron chi connectivity index (χ2n) is 7.25. The summed E-state index contributed by atoms with van der Waals surface area (Å²) in [6.07, 6.45) is -4.24. The number of fused-ring (bicyclic) bond motifs is 1. The molecule has 1 aliphatic heterocycles. The summed E-state index contributed by atoms with van der Waals surface area (Å²) in [6.45, 7) is 1.99. The van der Waals surface area contributed by atoms with Crippen LogP contribution in [0.4, 0.5) is 24.5 Å². The van der Waals surface area contributed by atoms with E-state index in [1.54, 1.807) is 54.1 Å². The van der Waals surface area contributed by atoms with Crippen LogP contribution in [-0.4, -0.2) is 36.3 Å². The summed E-state index contributed by atoms with van der Waals surface area (Å²) in [7, 11) is 1.68. The number of carbonyl (C=O) groups excluding carboxylic acids is 2. The predicted molar refractivity (Wildman–Crippen MR) is 104 cm³/mol. The molecule has 0 fully saturated rings. The smallest absolute Gasteiger partial charge is 0.324 e. The predicted octanol–water partition coefficient (Wildman–Crippen LogP) is 3.90. The molecule has 0 saturated heterocycles. The maximum Gasteiger partial charge on any atom is 0.416 e. The largest absolute Gasteiger partial charge is 0.416 e. The van der Waals surface area contributed by atoms with E-state index in [9.17, 15) is 22.8 Å². The molecule has 2 aromatic carbocycles. The summed E-state index contributed by atoms with van der Waals surface area (Å²) in [6, 6.07) is 11.8. The van der Waals surface area contributed by atoms with Crippen molar-refractivity contribution in [2.24, 2.45) is 0 Å². The van der Waals surface area contributed by atoms with E-state index < -0.39 is 11.7 Å². The van der Waals surface area contributed by atoms with Crippen molar-refractivity contribution in [1.29, 1.82) is 0 Å². The van der Waals surface area contributed by atoms with Gasteiger partial charge in [0.05, 0.1) is 23.5 Å². The Morgan fingerprint density at radius 2 is 1.93 bits per heavy atom. The summed E-state index contributed by atoms with van der Waals surface area (Å²) in [4.78, 5) is 28.3. The van der Waals surface area contributed by atoms with Crippen LogP contribution in [0.5, 0.6) is 0 Å². The van der Waals surface area contributed by atoms with E-state index in [4.69, 9.17) is 0 Å². The summed E-state index contributed by atoms with van der Waals surface area (Å²) >= 11 is 0. The zero-order valence-electron chi connectivity index (χ0n) is 16.2. The van der Waals surface area contributed by atoms with Crippen LogP contribution in [-0.2, 0) is 22.3 Å². The van der Waals surface area contributed by atoms with Crippen LogP contribution in [0.1, 0.15) is 24.5 Å².